The largest absolute Gasteiger partial charge is 0.472 e. The molecule has 1 atom stereocenters. The molecule has 4 rings (SSSR count). The maximum Gasteiger partial charge on any atom is 0.417 e. The molecule has 1 saturated heterocycles. The third kappa shape index (κ3) is 3.43. The van der Waals surface area contributed by atoms with Gasteiger partial charge in [-0.2, -0.15) is 18.4 Å². The molecular formula is C20H15F3N4O. The first kappa shape index (κ1) is 18.0. The number of anilines is 1. The SMILES string of the molecule is N#Cc1cnc2ccccc2c1N1CCC(Oc2ccc(C(F)(F)F)cn2)C1. The van der Waals surface area contributed by atoms with E-state index in [1.165, 1.54) is 6.07 Å². The third-order valence-electron chi connectivity index (χ3n) is 4.68. The van der Waals surface area contributed by atoms with E-state index in [-0.39, 0.29) is 12.0 Å². The van der Waals surface area contributed by atoms with E-state index in [0.29, 0.717) is 25.1 Å². The Balaban J connectivity index is 1.54. The topological polar surface area (TPSA) is 62.0 Å². The highest BCUT2D eigenvalue weighted by atomic mass is 19.4. The first-order valence-corrected chi connectivity index (χ1v) is 8.68. The number of rotatable bonds is 3. The van der Waals surface area contributed by atoms with E-state index in [1.54, 1.807) is 6.20 Å². The summed E-state index contributed by atoms with van der Waals surface area (Å²) in [5.74, 6) is 0.153. The van der Waals surface area contributed by atoms with Gasteiger partial charge in [-0.1, -0.05) is 18.2 Å². The second-order valence-corrected chi connectivity index (χ2v) is 6.51. The molecule has 3 heterocycles. The van der Waals surface area contributed by atoms with Crippen molar-refractivity contribution in [1.29, 1.82) is 5.26 Å². The van der Waals surface area contributed by atoms with Crippen molar-refractivity contribution in [1.82, 2.24) is 9.97 Å². The van der Waals surface area contributed by atoms with Crippen LogP contribution in [0.2, 0.25) is 0 Å². The van der Waals surface area contributed by atoms with E-state index in [0.717, 1.165) is 28.9 Å². The molecule has 1 fully saturated rings. The van der Waals surface area contributed by atoms with Crippen molar-refractivity contribution in [2.75, 3.05) is 18.0 Å². The minimum Gasteiger partial charge on any atom is -0.472 e. The molecule has 0 radical (unpaired) electrons. The van der Waals surface area contributed by atoms with Gasteiger partial charge < -0.3 is 9.64 Å². The van der Waals surface area contributed by atoms with Gasteiger partial charge in [-0.3, -0.25) is 4.98 Å². The second-order valence-electron chi connectivity index (χ2n) is 6.51. The summed E-state index contributed by atoms with van der Waals surface area (Å²) in [4.78, 5) is 10.1. The Labute approximate surface area is 159 Å². The molecule has 1 aliphatic rings. The first-order valence-electron chi connectivity index (χ1n) is 8.68. The van der Waals surface area contributed by atoms with Gasteiger partial charge in [0.25, 0.3) is 0 Å². The monoisotopic (exact) mass is 384 g/mol. The number of para-hydroxylation sites is 1. The van der Waals surface area contributed by atoms with E-state index in [4.69, 9.17) is 4.74 Å². The Bertz CT molecular complexity index is 1040. The lowest BCUT2D eigenvalue weighted by Gasteiger charge is -2.21. The maximum absolute atomic E-state index is 12.6. The summed E-state index contributed by atoms with van der Waals surface area (Å²) in [7, 11) is 0. The summed E-state index contributed by atoms with van der Waals surface area (Å²) >= 11 is 0. The Morgan fingerprint density at radius 2 is 1.93 bits per heavy atom. The van der Waals surface area contributed by atoms with Crippen LogP contribution < -0.4 is 9.64 Å². The quantitative estimate of drug-likeness (QED) is 0.678. The molecule has 0 aliphatic carbocycles. The van der Waals surface area contributed by atoms with Crippen LogP contribution in [0, 0.1) is 11.3 Å². The number of nitriles is 1. The summed E-state index contributed by atoms with van der Waals surface area (Å²) < 4.78 is 43.7. The second kappa shape index (κ2) is 7.00. The lowest BCUT2D eigenvalue weighted by Crippen LogP contribution is -2.25. The van der Waals surface area contributed by atoms with Crippen LogP contribution in [0.5, 0.6) is 5.88 Å². The van der Waals surface area contributed by atoms with Crippen LogP contribution in [0.3, 0.4) is 0 Å². The van der Waals surface area contributed by atoms with E-state index < -0.39 is 11.7 Å². The summed E-state index contributed by atoms with van der Waals surface area (Å²) in [6, 6.07) is 12.0. The van der Waals surface area contributed by atoms with Gasteiger partial charge in [-0.15, -0.1) is 0 Å². The summed E-state index contributed by atoms with van der Waals surface area (Å²) in [5, 5.41) is 10.4. The van der Waals surface area contributed by atoms with Crippen LogP contribution in [-0.4, -0.2) is 29.2 Å². The van der Waals surface area contributed by atoms with Crippen LogP contribution in [0.25, 0.3) is 10.9 Å². The molecule has 0 spiro atoms. The van der Waals surface area contributed by atoms with Crippen molar-refractivity contribution < 1.29 is 17.9 Å². The molecular weight excluding hydrogens is 369 g/mol. The molecule has 28 heavy (non-hydrogen) atoms. The van der Waals surface area contributed by atoms with Crippen LogP contribution >= 0.6 is 0 Å². The average molecular weight is 384 g/mol. The molecule has 142 valence electrons. The smallest absolute Gasteiger partial charge is 0.417 e. The minimum absolute atomic E-state index is 0.153. The number of pyridine rings is 2. The molecule has 0 N–H and O–H groups in total. The molecule has 1 aliphatic heterocycles. The van der Waals surface area contributed by atoms with Gasteiger partial charge >= 0.3 is 6.18 Å². The van der Waals surface area contributed by atoms with Gasteiger partial charge in [-0.25, -0.2) is 4.98 Å². The van der Waals surface area contributed by atoms with Crippen molar-refractivity contribution >= 4 is 16.6 Å². The molecule has 1 unspecified atom stereocenters. The number of nitrogens with zero attached hydrogens (tertiary/aromatic N) is 4. The number of hydrogen-bond donors (Lipinski definition) is 0. The highest BCUT2D eigenvalue weighted by molar-refractivity contribution is 5.94. The average Bonchev–Trinajstić information content (AvgIpc) is 3.14. The standard InChI is InChI=1S/C20H15F3N4O/c21-20(22,23)14-5-6-18(26-11-14)28-15-7-8-27(12-15)19-13(9-24)10-25-17-4-2-1-3-16(17)19/h1-6,10-11,15H,7-8,12H2. The fourth-order valence-corrected chi connectivity index (χ4v) is 3.37. The summed E-state index contributed by atoms with van der Waals surface area (Å²) in [5.41, 5.74) is 1.27. The molecule has 1 aromatic carbocycles. The third-order valence-corrected chi connectivity index (χ3v) is 4.68. The van der Waals surface area contributed by atoms with Crippen molar-refractivity contribution in [3.8, 4) is 11.9 Å². The molecule has 3 aromatic rings. The van der Waals surface area contributed by atoms with E-state index in [1.807, 2.05) is 24.3 Å². The normalized spacial score (nSPS) is 16.9. The summed E-state index contributed by atoms with van der Waals surface area (Å²) in [6.45, 7) is 1.17. The van der Waals surface area contributed by atoms with E-state index in [2.05, 4.69) is 20.9 Å². The number of halogens is 3. The lowest BCUT2D eigenvalue weighted by atomic mass is 10.1. The van der Waals surface area contributed by atoms with Gasteiger partial charge in [0.15, 0.2) is 0 Å². The molecule has 5 nitrogen and oxygen atoms in total. The zero-order valence-electron chi connectivity index (χ0n) is 14.6. The number of fused-ring (bicyclic) bond motifs is 1. The minimum atomic E-state index is -4.42. The number of benzene rings is 1. The van der Waals surface area contributed by atoms with Crippen molar-refractivity contribution in [3.05, 3.63) is 59.9 Å². The lowest BCUT2D eigenvalue weighted by molar-refractivity contribution is -0.137. The number of ether oxygens (including phenoxy) is 1. The predicted molar refractivity (Wildman–Crippen MR) is 96.9 cm³/mol. The Kier molecular flexibility index (Phi) is 4.51. The molecule has 0 saturated carbocycles. The van der Waals surface area contributed by atoms with Crippen molar-refractivity contribution in [2.24, 2.45) is 0 Å². The van der Waals surface area contributed by atoms with E-state index >= 15 is 0 Å². The van der Waals surface area contributed by atoms with Crippen LogP contribution in [0.15, 0.2) is 48.8 Å². The zero-order valence-corrected chi connectivity index (χ0v) is 14.6. The van der Waals surface area contributed by atoms with E-state index in [9.17, 15) is 18.4 Å². The molecule has 0 amide bonds. The fourth-order valence-electron chi connectivity index (χ4n) is 3.37. The Morgan fingerprint density at radius 3 is 2.64 bits per heavy atom. The highest BCUT2D eigenvalue weighted by Crippen LogP contribution is 2.33. The Hall–Kier alpha value is -3.34. The first-order chi connectivity index (χ1) is 13.5. The van der Waals surface area contributed by atoms with Crippen LogP contribution in [0.1, 0.15) is 17.5 Å². The van der Waals surface area contributed by atoms with Gasteiger partial charge in [0, 0.05) is 36.8 Å². The number of alkyl halides is 3. The van der Waals surface area contributed by atoms with Crippen molar-refractivity contribution in [3.63, 3.8) is 0 Å². The van der Waals surface area contributed by atoms with Gasteiger partial charge in [0.2, 0.25) is 5.88 Å². The number of aromatic nitrogens is 2. The van der Waals surface area contributed by atoms with Gasteiger partial charge in [0.1, 0.15) is 12.2 Å². The maximum atomic E-state index is 12.6. The van der Waals surface area contributed by atoms with Crippen LogP contribution in [0.4, 0.5) is 18.9 Å². The molecule has 8 heteroatoms. The van der Waals surface area contributed by atoms with Crippen LogP contribution in [-0.2, 0) is 6.18 Å². The highest BCUT2D eigenvalue weighted by Gasteiger charge is 2.31. The van der Waals surface area contributed by atoms with Crippen molar-refractivity contribution in [2.45, 2.75) is 18.7 Å². The molecule has 0 bridgehead atoms. The fraction of sp³-hybridized carbons (Fsp3) is 0.250. The number of hydrogen-bond acceptors (Lipinski definition) is 5. The zero-order chi connectivity index (χ0) is 19.7. The summed E-state index contributed by atoms with van der Waals surface area (Å²) in [6.07, 6.45) is -1.66. The molecule has 2 aromatic heterocycles. The Morgan fingerprint density at radius 1 is 1.11 bits per heavy atom. The van der Waals surface area contributed by atoms with Gasteiger partial charge in [-0.05, 0) is 12.1 Å². The van der Waals surface area contributed by atoms with Gasteiger partial charge in [0.05, 0.1) is 28.9 Å². The predicted octanol–water partition coefficient (Wildman–Crippen LogP) is 4.18.